The van der Waals surface area contributed by atoms with E-state index in [1.807, 2.05) is 31.2 Å². The first-order chi connectivity index (χ1) is 12.2. The number of likely N-dealkylation sites (tertiary alicyclic amines) is 1. The van der Waals surface area contributed by atoms with Gasteiger partial charge in [0.25, 0.3) is 0 Å². The van der Waals surface area contributed by atoms with Crippen LogP contribution in [0, 0.1) is 5.92 Å². The van der Waals surface area contributed by atoms with Crippen LogP contribution in [-0.2, 0) is 4.74 Å². The lowest BCUT2D eigenvalue weighted by atomic mass is 9.95. The maximum atomic E-state index is 12.1. The molecular weight excluding hydrogens is 318 g/mol. The molecule has 0 radical (unpaired) electrons. The van der Waals surface area contributed by atoms with Crippen LogP contribution in [-0.4, -0.2) is 56.4 Å². The van der Waals surface area contributed by atoms with Gasteiger partial charge in [0, 0.05) is 24.9 Å². The van der Waals surface area contributed by atoms with Crippen molar-refractivity contribution in [3.8, 4) is 5.75 Å². The topological polar surface area (TPSA) is 62.8 Å². The van der Waals surface area contributed by atoms with Gasteiger partial charge in [0.1, 0.15) is 5.75 Å². The number of amides is 2. The van der Waals surface area contributed by atoms with E-state index < -0.39 is 0 Å². The Hall–Kier alpha value is -1.79. The molecule has 2 saturated heterocycles. The smallest absolute Gasteiger partial charge is 0.319 e. The predicted molar refractivity (Wildman–Crippen MR) is 98.2 cm³/mol. The van der Waals surface area contributed by atoms with Gasteiger partial charge in [-0.3, -0.25) is 4.90 Å². The van der Waals surface area contributed by atoms with Crippen molar-refractivity contribution in [3.05, 3.63) is 24.3 Å². The van der Waals surface area contributed by atoms with E-state index >= 15 is 0 Å². The van der Waals surface area contributed by atoms with E-state index in [-0.39, 0.29) is 6.03 Å². The largest absolute Gasteiger partial charge is 0.494 e. The SMILES string of the molecule is CCOc1ccc(NC(=O)NCC2CCN([C@@H]3CCOC3)CC2)cc1. The van der Waals surface area contributed by atoms with Crippen molar-refractivity contribution in [1.82, 2.24) is 10.2 Å². The van der Waals surface area contributed by atoms with Crippen molar-refractivity contribution >= 4 is 11.7 Å². The van der Waals surface area contributed by atoms with Crippen LogP contribution in [0.3, 0.4) is 0 Å². The first kappa shape index (κ1) is 18.0. The van der Waals surface area contributed by atoms with Crippen LogP contribution >= 0.6 is 0 Å². The van der Waals surface area contributed by atoms with E-state index in [0.717, 1.165) is 63.5 Å². The fourth-order valence-electron chi connectivity index (χ4n) is 3.55. The molecule has 2 aliphatic rings. The number of urea groups is 1. The summed E-state index contributed by atoms with van der Waals surface area (Å²) in [6.45, 7) is 7.33. The number of benzene rings is 1. The molecule has 1 aromatic carbocycles. The van der Waals surface area contributed by atoms with Gasteiger partial charge in [-0.05, 0) is 69.5 Å². The van der Waals surface area contributed by atoms with Gasteiger partial charge in [-0.2, -0.15) is 0 Å². The van der Waals surface area contributed by atoms with Gasteiger partial charge >= 0.3 is 6.03 Å². The molecule has 0 spiro atoms. The standard InChI is InChI=1S/C19H29N3O3/c1-2-25-18-5-3-16(4-6-18)21-19(23)20-13-15-7-10-22(11-8-15)17-9-12-24-14-17/h3-6,15,17H,2,7-14H2,1H3,(H2,20,21,23)/t17-/m1/s1. The van der Waals surface area contributed by atoms with Crippen LogP contribution in [0.1, 0.15) is 26.2 Å². The van der Waals surface area contributed by atoms with E-state index in [4.69, 9.17) is 9.47 Å². The van der Waals surface area contributed by atoms with Gasteiger partial charge in [0.05, 0.1) is 13.2 Å². The highest BCUT2D eigenvalue weighted by Gasteiger charge is 2.27. The molecule has 0 aromatic heterocycles. The summed E-state index contributed by atoms with van der Waals surface area (Å²) in [5.74, 6) is 1.37. The van der Waals surface area contributed by atoms with Gasteiger partial charge < -0.3 is 20.1 Å². The average Bonchev–Trinajstić information content (AvgIpc) is 3.17. The average molecular weight is 347 g/mol. The number of hydrogen-bond acceptors (Lipinski definition) is 4. The first-order valence-corrected chi connectivity index (χ1v) is 9.34. The highest BCUT2D eigenvalue weighted by Crippen LogP contribution is 2.22. The molecule has 1 atom stereocenters. The predicted octanol–water partition coefficient (Wildman–Crippen LogP) is 2.71. The molecule has 1 aromatic rings. The van der Waals surface area contributed by atoms with Gasteiger partial charge in [-0.15, -0.1) is 0 Å². The lowest BCUT2D eigenvalue weighted by Gasteiger charge is -2.35. The Morgan fingerprint density at radius 2 is 2.00 bits per heavy atom. The molecule has 3 rings (SSSR count). The molecule has 2 heterocycles. The van der Waals surface area contributed by atoms with E-state index in [1.165, 1.54) is 0 Å². The summed E-state index contributed by atoms with van der Waals surface area (Å²) >= 11 is 0. The van der Waals surface area contributed by atoms with E-state index in [1.54, 1.807) is 0 Å². The van der Waals surface area contributed by atoms with Crippen LogP contribution in [0.5, 0.6) is 5.75 Å². The summed E-state index contributed by atoms with van der Waals surface area (Å²) in [4.78, 5) is 14.6. The van der Waals surface area contributed by atoms with Crippen molar-refractivity contribution in [2.45, 2.75) is 32.2 Å². The fourth-order valence-corrected chi connectivity index (χ4v) is 3.55. The summed E-state index contributed by atoms with van der Waals surface area (Å²) in [5, 5.41) is 5.87. The Balaban J connectivity index is 1.35. The van der Waals surface area contributed by atoms with Crippen molar-refractivity contribution in [1.29, 1.82) is 0 Å². The van der Waals surface area contributed by atoms with E-state index in [2.05, 4.69) is 15.5 Å². The Kier molecular flexibility index (Phi) is 6.53. The highest BCUT2D eigenvalue weighted by molar-refractivity contribution is 5.89. The summed E-state index contributed by atoms with van der Waals surface area (Å²) in [6, 6.07) is 7.90. The fraction of sp³-hybridized carbons (Fsp3) is 0.632. The normalized spacial score (nSPS) is 21.9. The molecule has 0 bridgehead atoms. The van der Waals surface area contributed by atoms with Gasteiger partial charge in [0.2, 0.25) is 0 Å². The van der Waals surface area contributed by atoms with Crippen LogP contribution in [0.2, 0.25) is 0 Å². The zero-order chi connectivity index (χ0) is 17.5. The zero-order valence-corrected chi connectivity index (χ0v) is 15.0. The number of anilines is 1. The van der Waals surface area contributed by atoms with Gasteiger partial charge in [-0.25, -0.2) is 4.79 Å². The molecule has 6 heteroatoms. The number of ether oxygens (including phenoxy) is 2. The third kappa shape index (κ3) is 5.34. The Labute approximate surface area is 149 Å². The molecule has 138 valence electrons. The van der Waals surface area contributed by atoms with Crippen LogP contribution < -0.4 is 15.4 Å². The quantitative estimate of drug-likeness (QED) is 0.831. The molecule has 2 N–H and O–H groups in total. The summed E-state index contributed by atoms with van der Waals surface area (Å²) in [7, 11) is 0. The minimum Gasteiger partial charge on any atom is -0.494 e. The Morgan fingerprint density at radius 3 is 2.64 bits per heavy atom. The summed E-state index contributed by atoms with van der Waals surface area (Å²) in [6.07, 6.45) is 3.44. The Morgan fingerprint density at radius 1 is 1.24 bits per heavy atom. The monoisotopic (exact) mass is 347 g/mol. The Bertz CT molecular complexity index is 535. The summed E-state index contributed by atoms with van der Waals surface area (Å²) < 4.78 is 10.9. The van der Waals surface area contributed by atoms with Crippen molar-refractivity contribution in [2.75, 3.05) is 44.8 Å². The second kappa shape index (κ2) is 9.06. The number of carbonyl (C=O) groups excluding carboxylic acids is 1. The maximum absolute atomic E-state index is 12.1. The molecule has 6 nitrogen and oxygen atoms in total. The minimum absolute atomic E-state index is 0.143. The lowest BCUT2D eigenvalue weighted by molar-refractivity contribution is 0.110. The van der Waals surface area contributed by atoms with E-state index in [9.17, 15) is 4.79 Å². The second-order valence-electron chi connectivity index (χ2n) is 6.79. The van der Waals surface area contributed by atoms with Crippen LogP contribution in [0.4, 0.5) is 10.5 Å². The molecule has 2 amide bonds. The number of piperidine rings is 1. The minimum atomic E-state index is -0.143. The molecule has 2 fully saturated rings. The molecule has 0 saturated carbocycles. The van der Waals surface area contributed by atoms with Crippen molar-refractivity contribution in [3.63, 3.8) is 0 Å². The van der Waals surface area contributed by atoms with Gasteiger partial charge in [-0.1, -0.05) is 0 Å². The number of hydrogen-bond donors (Lipinski definition) is 2. The number of nitrogens with one attached hydrogen (secondary N) is 2. The third-order valence-electron chi connectivity index (χ3n) is 5.05. The van der Waals surface area contributed by atoms with Gasteiger partial charge in [0.15, 0.2) is 0 Å². The van der Waals surface area contributed by atoms with Crippen LogP contribution in [0.25, 0.3) is 0 Å². The van der Waals surface area contributed by atoms with Crippen molar-refractivity contribution < 1.29 is 14.3 Å². The highest BCUT2D eigenvalue weighted by atomic mass is 16.5. The first-order valence-electron chi connectivity index (χ1n) is 9.34. The molecule has 25 heavy (non-hydrogen) atoms. The van der Waals surface area contributed by atoms with Crippen molar-refractivity contribution in [2.24, 2.45) is 5.92 Å². The van der Waals surface area contributed by atoms with Crippen LogP contribution in [0.15, 0.2) is 24.3 Å². The maximum Gasteiger partial charge on any atom is 0.319 e. The molecule has 0 unspecified atom stereocenters. The number of carbonyl (C=O) groups is 1. The zero-order valence-electron chi connectivity index (χ0n) is 15.0. The third-order valence-corrected chi connectivity index (χ3v) is 5.05. The summed E-state index contributed by atoms with van der Waals surface area (Å²) in [5.41, 5.74) is 0.775. The number of rotatable bonds is 6. The molecular formula is C19H29N3O3. The number of nitrogens with zero attached hydrogens (tertiary/aromatic N) is 1. The molecule has 2 aliphatic heterocycles. The van der Waals surface area contributed by atoms with E-state index in [0.29, 0.717) is 18.6 Å². The molecule has 0 aliphatic carbocycles. The lowest BCUT2D eigenvalue weighted by Crippen LogP contribution is -2.44. The second-order valence-corrected chi connectivity index (χ2v) is 6.79.